The van der Waals surface area contributed by atoms with E-state index in [2.05, 4.69) is 18.7 Å². The monoisotopic (exact) mass is 322 g/mol. The van der Waals surface area contributed by atoms with Gasteiger partial charge in [0.05, 0.1) is 37.6 Å². The van der Waals surface area contributed by atoms with Crippen LogP contribution in [0.5, 0.6) is 0 Å². The van der Waals surface area contributed by atoms with Crippen molar-refractivity contribution in [3.63, 3.8) is 0 Å². The van der Waals surface area contributed by atoms with Crippen molar-refractivity contribution in [1.82, 2.24) is 0 Å². The number of hydrogen-bond acceptors (Lipinski definition) is 4. The summed E-state index contributed by atoms with van der Waals surface area (Å²) in [5, 5.41) is 9.24. The first kappa shape index (κ1) is 19.8. The molecule has 5 atom stereocenters. The number of benzene rings is 1. The largest absolute Gasteiger partial charge is 0.391 e. The Kier molecular flexibility index (Phi) is 9.10. The van der Waals surface area contributed by atoms with Gasteiger partial charge in [-0.15, -0.1) is 6.58 Å². The van der Waals surface area contributed by atoms with Gasteiger partial charge in [0.15, 0.2) is 0 Å². The van der Waals surface area contributed by atoms with Gasteiger partial charge in [0, 0.05) is 13.0 Å². The maximum Gasteiger partial charge on any atom is 0.0932 e. The predicted molar refractivity (Wildman–Crippen MR) is 92.7 cm³/mol. The van der Waals surface area contributed by atoms with E-state index in [4.69, 9.17) is 14.2 Å². The number of aliphatic hydroxyl groups is 1. The van der Waals surface area contributed by atoms with E-state index < -0.39 is 6.10 Å². The molecule has 0 aliphatic heterocycles. The molecule has 0 aliphatic carbocycles. The summed E-state index contributed by atoms with van der Waals surface area (Å²) in [6, 6.07) is 10.2. The predicted octanol–water partition coefficient (Wildman–Crippen LogP) is 3.16. The van der Waals surface area contributed by atoms with Gasteiger partial charge in [-0.25, -0.2) is 0 Å². The van der Waals surface area contributed by atoms with Crippen LogP contribution in [0.2, 0.25) is 0 Å². The average Bonchev–Trinajstić information content (AvgIpc) is 2.56. The molecule has 23 heavy (non-hydrogen) atoms. The molecule has 1 rings (SSSR count). The molecule has 130 valence electrons. The highest BCUT2D eigenvalue weighted by Gasteiger charge is 2.27. The van der Waals surface area contributed by atoms with Gasteiger partial charge < -0.3 is 19.3 Å². The minimum Gasteiger partial charge on any atom is -0.391 e. The lowest BCUT2D eigenvalue weighted by atomic mass is 9.90. The summed E-state index contributed by atoms with van der Waals surface area (Å²) < 4.78 is 17.1. The highest BCUT2D eigenvalue weighted by atomic mass is 16.6. The Bertz CT molecular complexity index is 432. The number of rotatable bonds is 11. The third kappa shape index (κ3) is 6.83. The zero-order valence-electron chi connectivity index (χ0n) is 14.6. The van der Waals surface area contributed by atoms with E-state index in [1.807, 2.05) is 38.1 Å². The highest BCUT2D eigenvalue weighted by Crippen LogP contribution is 2.26. The van der Waals surface area contributed by atoms with Crippen LogP contribution < -0.4 is 0 Å². The Morgan fingerprint density at radius 3 is 2.26 bits per heavy atom. The van der Waals surface area contributed by atoms with Gasteiger partial charge in [-0.3, -0.25) is 0 Å². The van der Waals surface area contributed by atoms with Crippen molar-refractivity contribution in [2.24, 2.45) is 0 Å². The standard InChI is InChI=1S/C19H30O4/c1-6-18(17-10-8-7-9-11-17)19(21-5)16(4)23-13-15(3)22-12-14(2)20/h6-11,14-16,18-20H,1,12-13H2,2-5H3. The number of hydrogen-bond donors (Lipinski definition) is 1. The van der Waals surface area contributed by atoms with Crippen molar-refractivity contribution in [3.8, 4) is 0 Å². The Morgan fingerprint density at radius 1 is 1.09 bits per heavy atom. The fourth-order valence-corrected chi connectivity index (χ4v) is 2.50. The smallest absolute Gasteiger partial charge is 0.0932 e. The van der Waals surface area contributed by atoms with Gasteiger partial charge in [-0.1, -0.05) is 36.4 Å². The first-order valence-electron chi connectivity index (χ1n) is 8.11. The molecule has 0 spiro atoms. The number of aliphatic hydroxyl groups excluding tert-OH is 1. The quantitative estimate of drug-likeness (QED) is 0.636. The van der Waals surface area contributed by atoms with Crippen molar-refractivity contribution >= 4 is 0 Å². The Balaban J connectivity index is 2.60. The van der Waals surface area contributed by atoms with Crippen LogP contribution in [0.4, 0.5) is 0 Å². The van der Waals surface area contributed by atoms with Gasteiger partial charge in [0.25, 0.3) is 0 Å². The van der Waals surface area contributed by atoms with E-state index in [-0.39, 0.29) is 24.2 Å². The molecule has 0 amide bonds. The van der Waals surface area contributed by atoms with Gasteiger partial charge >= 0.3 is 0 Å². The molecule has 1 aromatic rings. The minimum atomic E-state index is -0.468. The molecular weight excluding hydrogens is 292 g/mol. The van der Waals surface area contributed by atoms with E-state index in [1.165, 1.54) is 0 Å². The topological polar surface area (TPSA) is 47.9 Å². The maximum absolute atomic E-state index is 9.24. The van der Waals surface area contributed by atoms with Crippen molar-refractivity contribution in [3.05, 3.63) is 48.6 Å². The Morgan fingerprint density at radius 2 is 1.74 bits per heavy atom. The molecule has 0 heterocycles. The van der Waals surface area contributed by atoms with Crippen LogP contribution in [0, 0.1) is 0 Å². The van der Waals surface area contributed by atoms with E-state index in [0.717, 1.165) is 5.56 Å². The third-order valence-corrected chi connectivity index (χ3v) is 3.74. The van der Waals surface area contributed by atoms with Crippen LogP contribution in [0.25, 0.3) is 0 Å². The van der Waals surface area contributed by atoms with Crippen LogP contribution in [0.1, 0.15) is 32.3 Å². The van der Waals surface area contributed by atoms with Crippen LogP contribution in [-0.2, 0) is 14.2 Å². The summed E-state index contributed by atoms with van der Waals surface area (Å²) in [6.45, 7) is 10.3. The van der Waals surface area contributed by atoms with Crippen molar-refractivity contribution in [2.75, 3.05) is 20.3 Å². The third-order valence-electron chi connectivity index (χ3n) is 3.74. The average molecular weight is 322 g/mol. The van der Waals surface area contributed by atoms with Gasteiger partial charge in [-0.2, -0.15) is 0 Å². The fraction of sp³-hybridized carbons (Fsp3) is 0.579. The molecule has 4 nitrogen and oxygen atoms in total. The molecular formula is C19H30O4. The van der Waals surface area contributed by atoms with Gasteiger partial charge in [-0.05, 0) is 26.3 Å². The van der Waals surface area contributed by atoms with E-state index in [1.54, 1.807) is 14.0 Å². The van der Waals surface area contributed by atoms with Crippen LogP contribution in [0.15, 0.2) is 43.0 Å². The molecule has 0 saturated heterocycles. The number of methoxy groups -OCH3 is 1. The molecule has 4 heteroatoms. The van der Waals surface area contributed by atoms with Crippen LogP contribution >= 0.6 is 0 Å². The molecule has 1 aromatic carbocycles. The number of ether oxygens (including phenoxy) is 3. The van der Waals surface area contributed by atoms with Gasteiger partial charge in [0.2, 0.25) is 0 Å². The lowest BCUT2D eigenvalue weighted by molar-refractivity contribution is -0.0926. The molecule has 0 radical (unpaired) electrons. The first-order valence-corrected chi connectivity index (χ1v) is 8.11. The maximum atomic E-state index is 9.24. The molecule has 0 saturated carbocycles. The van der Waals surface area contributed by atoms with Crippen molar-refractivity contribution in [1.29, 1.82) is 0 Å². The van der Waals surface area contributed by atoms with Crippen molar-refractivity contribution in [2.45, 2.75) is 51.1 Å². The summed E-state index contributed by atoms with van der Waals surface area (Å²) in [5.74, 6) is 0.0601. The van der Waals surface area contributed by atoms with Crippen LogP contribution in [0.3, 0.4) is 0 Å². The first-order chi connectivity index (χ1) is 11.0. The summed E-state index contributed by atoms with van der Waals surface area (Å²) >= 11 is 0. The highest BCUT2D eigenvalue weighted by molar-refractivity contribution is 5.25. The normalized spacial score (nSPS) is 18.0. The Labute approximate surface area is 140 Å². The molecule has 0 aliphatic rings. The molecule has 0 bridgehead atoms. The molecule has 5 unspecified atom stereocenters. The summed E-state index contributed by atoms with van der Waals surface area (Å²) in [6.07, 6.45) is 1.12. The van der Waals surface area contributed by atoms with Gasteiger partial charge in [0.1, 0.15) is 0 Å². The van der Waals surface area contributed by atoms with Crippen molar-refractivity contribution < 1.29 is 19.3 Å². The Hall–Kier alpha value is -1.20. The van der Waals surface area contributed by atoms with E-state index in [0.29, 0.717) is 13.2 Å². The van der Waals surface area contributed by atoms with Crippen LogP contribution in [-0.4, -0.2) is 49.8 Å². The lowest BCUT2D eigenvalue weighted by Gasteiger charge is -2.30. The zero-order chi connectivity index (χ0) is 17.2. The SMILES string of the molecule is C=CC(c1ccccc1)C(OC)C(C)OCC(C)OCC(C)O. The minimum absolute atomic E-state index is 0.0601. The molecule has 1 N–H and O–H groups in total. The summed E-state index contributed by atoms with van der Waals surface area (Å²) in [7, 11) is 1.69. The van der Waals surface area contributed by atoms with E-state index in [9.17, 15) is 5.11 Å². The summed E-state index contributed by atoms with van der Waals surface area (Å²) in [5.41, 5.74) is 1.16. The second-order valence-electron chi connectivity index (χ2n) is 5.90. The second-order valence-corrected chi connectivity index (χ2v) is 5.90. The zero-order valence-corrected chi connectivity index (χ0v) is 14.6. The lowest BCUT2D eigenvalue weighted by Crippen LogP contribution is -2.35. The second kappa shape index (κ2) is 10.6. The summed E-state index contributed by atoms with van der Waals surface area (Å²) in [4.78, 5) is 0. The molecule has 0 fully saturated rings. The van der Waals surface area contributed by atoms with E-state index >= 15 is 0 Å². The fourth-order valence-electron chi connectivity index (χ4n) is 2.50. The molecule has 0 aromatic heterocycles.